The molecule has 0 spiro atoms. The van der Waals surface area contributed by atoms with Gasteiger partial charge in [0.25, 0.3) is 5.69 Å². The van der Waals surface area contributed by atoms with Gasteiger partial charge in [-0.3, -0.25) is 20.2 Å². The summed E-state index contributed by atoms with van der Waals surface area (Å²) in [6, 6.07) is 3.13. The van der Waals surface area contributed by atoms with Gasteiger partial charge in [0.1, 0.15) is 0 Å². The lowest BCUT2D eigenvalue weighted by Gasteiger charge is -1.97. The minimum atomic E-state index is -0.721. The lowest BCUT2D eigenvalue weighted by atomic mass is 10.2. The summed E-state index contributed by atoms with van der Waals surface area (Å²) >= 11 is 0. The van der Waals surface area contributed by atoms with E-state index >= 15 is 0 Å². The van der Waals surface area contributed by atoms with Crippen LogP contribution in [0.15, 0.2) is 28.4 Å². The van der Waals surface area contributed by atoms with Gasteiger partial charge in [-0.25, -0.2) is 0 Å². The molecule has 0 aliphatic rings. The maximum absolute atomic E-state index is 10.7. The van der Waals surface area contributed by atoms with Crippen molar-refractivity contribution in [3.05, 3.63) is 38.4 Å². The lowest BCUT2D eigenvalue weighted by molar-refractivity contribution is -0.393. The third-order valence-electron chi connectivity index (χ3n) is 1.76. The normalized spacial score (nSPS) is 11.0. The van der Waals surface area contributed by atoms with Crippen molar-refractivity contribution in [2.24, 2.45) is 10.2 Å². The smallest absolute Gasteiger partial charge is 0.258 e. The number of nitro benzene ring substituents is 2. The average molecular weight is 238 g/mol. The quantitative estimate of drug-likeness (QED) is 0.455. The fraction of sp³-hybridized carbons (Fsp3) is 0.333. The van der Waals surface area contributed by atoms with Gasteiger partial charge < -0.3 is 0 Å². The molecule has 0 unspecified atom stereocenters. The highest BCUT2D eigenvalue weighted by molar-refractivity contribution is 5.61. The maximum atomic E-state index is 10.7. The average Bonchev–Trinajstić information content (AvgIpc) is 2.25. The van der Waals surface area contributed by atoms with E-state index < -0.39 is 15.5 Å². The van der Waals surface area contributed by atoms with Gasteiger partial charge in [-0.1, -0.05) is 0 Å². The van der Waals surface area contributed by atoms with Crippen LogP contribution in [-0.2, 0) is 0 Å². The van der Waals surface area contributed by atoms with Gasteiger partial charge >= 0.3 is 5.69 Å². The van der Waals surface area contributed by atoms with Crippen molar-refractivity contribution in [2.75, 3.05) is 0 Å². The zero-order valence-electron chi connectivity index (χ0n) is 9.23. The molecule has 0 amide bonds. The van der Waals surface area contributed by atoms with E-state index in [1.807, 2.05) is 0 Å². The van der Waals surface area contributed by atoms with Crippen LogP contribution in [0.3, 0.4) is 0 Å². The van der Waals surface area contributed by atoms with E-state index in [0.717, 1.165) is 12.1 Å². The highest BCUT2D eigenvalue weighted by atomic mass is 16.6. The van der Waals surface area contributed by atoms with Gasteiger partial charge in [0.15, 0.2) is 5.69 Å². The Labute approximate surface area is 96.3 Å². The second kappa shape index (κ2) is 5.10. The molecule has 1 aromatic rings. The number of nitrogens with zero attached hydrogens (tertiary/aromatic N) is 4. The molecule has 1 aromatic carbocycles. The fourth-order valence-corrected chi connectivity index (χ4v) is 1.03. The topological polar surface area (TPSA) is 111 Å². The molecule has 0 fully saturated rings. The van der Waals surface area contributed by atoms with Gasteiger partial charge in [0.2, 0.25) is 0 Å². The number of nitro groups is 2. The molecular weight excluding hydrogens is 228 g/mol. The highest BCUT2D eigenvalue weighted by Crippen LogP contribution is 2.31. The molecule has 0 aromatic heterocycles. The van der Waals surface area contributed by atoms with Crippen LogP contribution in [0.4, 0.5) is 17.1 Å². The second-order valence-corrected chi connectivity index (χ2v) is 3.50. The third kappa shape index (κ3) is 3.30. The van der Waals surface area contributed by atoms with E-state index in [9.17, 15) is 20.2 Å². The van der Waals surface area contributed by atoms with Crippen LogP contribution in [-0.4, -0.2) is 15.9 Å². The van der Waals surface area contributed by atoms with Gasteiger partial charge in [-0.15, -0.1) is 5.11 Å². The molecular formula is C9H10N4O4. The number of rotatable bonds is 4. The van der Waals surface area contributed by atoms with Gasteiger partial charge in [0.05, 0.1) is 22.0 Å². The van der Waals surface area contributed by atoms with E-state index in [2.05, 4.69) is 10.2 Å². The summed E-state index contributed by atoms with van der Waals surface area (Å²) in [4.78, 5) is 19.8. The lowest BCUT2D eigenvalue weighted by Crippen LogP contribution is -1.93. The van der Waals surface area contributed by atoms with Crippen LogP contribution in [0.5, 0.6) is 0 Å². The summed E-state index contributed by atoms with van der Waals surface area (Å²) in [5.41, 5.74) is -0.766. The van der Waals surface area contributed by atoms with Crippen molar-refractivity contribution in [3.63, 3.8) is 0 Å². The Morgan fingerprint density at radius 2 is 1.82 bits per heavy atom. The van der Waals surface area contributed by atoms with E-state index in [0.29, 0.717) is 0 Å². The van der Waals surface area contributed by atoms with Gasteiger partial charge in [-0.05, 0) is 19.9 Å². The van der Waals surface area contributed by atoms with Crippen molar-refractivity contribution < 1.29 is 9.85 Å². The minimum absolute atomic E-state index is 0.00861. The van der Waals surface area contributed by atoms with Crippen molar-refractivity contribution in [3.8, 4) is 0 Å². The molecule has 0 bridgehead atoms. The number of azo groups is 1. The first-order chi connectivity index (χ1) is 7.91. The Hall–Kier alpha value is -2.38. The van der Waals surface area contributed by atoms with Crippen molar-refractivity contribution in [1.82, 2.24) is 0 Å². The number of benzene rings is 1. The Kier molecular flexibility index (Phi) is 3.81. The molecule has 0 saturated carbocycles. The van der Waals surface area contributed by atoms with Crippen LogP contribution >= 0.6 is 0 Å². The molecule has 0 aliphatic heterocycles. The number of hydrogen-bond donors (Lipinski definition) is 0. The van der Waals surface area contributed by atoms with Crippen LogP contribution in [0.1, 0.15) is 13.8 Å². The summed E-state index contributed by atoms with van der Waals surface area (Å²) in [6.45, 7) is 3.53. The summed E-state index contributed by atoms with van der Waals surface area (Å²) in [7, 11) is 0. The molecule has 90 valence electrons. The predicted octanol–water partition coefficient (Wildman–Crippen LogP) is 3.00. The molecule has 0 saturated heterocycles. The van der Waals surface area contributed by atoms with E-state index in [4.69, 9.17) is 0 Å². The first-order valence-corrected chi connectivity index (χ1v) is 4.75. The Morgan fingerprint density at radius 3 is 2.29 bits per heavy atom. The zero-order valence-corrected chi connectivity index (χ0v) is 9.23. The third-order valence-corrected chi connectivity index (χ3v) is 1.76. The van der Waals surface area contributed by atoms with Crippen molar-refractivity contribution in [1.29, 1.82) is 0 Å². The van der Waals surface area contributed by atoms with Crippen LogP contribution in [0, 0.1) is 20.2 Å². The Bertz CT molecular complexity index is 484. The second-order valence-electron chi connectivity index (χ2n) is 3.50. The first kappa shape index (κ1) is 12.7. The summed E-state index contributed by atoms with van der Waals surface area (Å²) < 4.78 is 0. The Morgan fingerprint density at radius 1 is 1.18 bits per heavy atom. The molecule has 0 aliphatic carbocycles. The van der Waals surface area contributed by atoms with E-state index in [1.54, 1.807) is 13.8 Å². The van der Waals surface area contributed by atoms with Gasteiger partial charge in [-0.2, -0.15) is 5.11 Å². The van der Waals surface area contributed by atoms with E-state index in [1.165, 1.54) is 6.07 Å². The predicted molar refractivity (Wildman–Crippen MR) is 59.4 cm³/mol. The summed E-state index contributed by atoms with van der Waals surface area (Å²) in [5, 5.41) is 28.7. The first-order valence-electron chi connectivity index (χ1n) is 4.75. The molecule has 17 heavy (non-hydrogen) atoms. The molecule has 1 rings (SSSR count). The molecule has 8 heteroatoms. The van der Waals surface area contributed by atoms with Crippen LogP contribution < -0.4 is 0 Å². The van der Waals surface area contributed by atoms with Gasteiger partial charge in [0, 0.05) is 6.07 Å². The SMILES string of the molecule is CC(C)N=Nc1ccc([N+](=O)[O-])cc1[N+](=O)[O-]. The summed E-state index contributed by atoms with van der Waals surface area (Å²) in [5.74, 6) is 0. The molecule has 0 radical (unpaired) electrons. The van der Waals surface area contributed by atoms with Crippen LogP contribution in [0.25, 0.3) is 0 Å². The fourth-order valence-electron chi connectivity index (χ4n) is 1.03. The zero-order chi connectivity index (χ0) is 13.0. The number of non-ortho nitro benzene ring substituents is 1. The molecule has 8 nitrogen and oxygen atoms in total. The number of hydrogen-bond acceptors (Lipinski definition) is 6. The highest BCUT2D eigenvalue weighted by Gasteiger charge is 2.19. The maximum Gasteiger partial charge on any atom is 0.303 e. The monoisotopic (exact) mass is 238 g/mol. The molecule has 0 heterocycles. The minimum Gasteiger partial charge on any atom is -0.258 e. The molecule has 0 N–H and O–H groups in total. The van der Waals surface area contributed by atoms with E-state index in [-0.39, 0.29) is 17.4 Å². The Balaban J connectivity index is 3.22. The molecule has 0 atom stereocenters. The van der Waals surface area contributed by atoms with Crippen molar-refractivity contribution >= 4 is 17.1 Å². The van der Waals surface area contributed by atoms with Crippen LogP contribution in [0.2, 0.25) is 0 Å². The summed E-state index contributed by atoms with van der Waals surface area (Å²) in [6.07, 6.45) is 0. The standard InChI is InChI=1S/C9H10N4O4/c1-6(2)10-11-8-4-3-7(12(14)15)5-9(8)13(16)17/h3-6H,1-2H3. The largest absolute Gasteiger partial charge is 0.303 e. The van der Waals surface area contributed by atoms with Crippen molar-refractivity contribution in [2.45, 2.75) is 19.9 Å².